The smallest absolute Gasteiger partial charge is 0.270 e. The number of benzene rings is 1. The van der Waals surface area contributed by atoms with E-state index in [4.69, 9.17) is 10.2 Å². The van der Waals surface area contributed by atoms with E-state index in [0.29, 0.717) is 16.6 Å². The maximum atomic E-state index is 10.8. The monoisotopic (exact) mass is 277 g/mol. The predicted molar refractivity (Wildman–Crippen MR) is 74.7 cm³/mol. The first kappa shape index (κ1) is 14.2. The minimum Gasteiger partial charge on any atom is -0.394 e. The van der Waals surface area contributed by atoms with Crippen molar-refractivity contribution in [1.82, 2.24) is 4.98 Å². The van der Waals surface area contributed by atoms with E-state index in [2.05, 4.69) is 10.3 Å². The van der Waals surface area contributed by atoms with Gasteiger partial charge < -0.3 is 15.5 Å². The number of anilines is 1. The molecule has 2 rings (SSSR count). The molecular weight excluding hydrogens is 262 g/mol. The number of hydrogen-bond donors (Lipinski definition) is 3. The van der Waals surface area contributed by atoms with Crippen molar-refractivity contribution in [3.63, 3.8) is 0 Å². The molecule has 20 heavy (non-hydrogen) atoms. The Hall–Kier alpha value is -2.25. The lowest BCUT2D eigenvalue weighted by Gasteiger charge is -2.17. The summed E-state index contributed by atoms with van der Waals surface area (Å²) >= 11 is 0. The van der Waals surface area contributed by atoms with Gasteiger partial charge in [0.05, 0.1) is 29.7 Å². The van der Waals surface area contributed by atoms with E-state index in [9.17, 15) is 10.1 Å². The lowest BCUT2D eigenvalue weighted by Crippen LogP contribution is -2.27. The van der Waals surface area contributed by atoms with Gasteiger partial charge in [0.1, 0.15) is 0 Å². The van der Waals surface area contributed by atoms with Gasteiger partial charge in [0.2, 0.25) is 0 Å². The summed E-state index contributed by atoms with van der Waals surface area (Å²) in [5, 5.41) is 32.6. The molecule has 0 aliphatic rings. The second-order valence-electron chi connectivity index (χ2n) is 4.48. The quantitative estimate of drug-likeness (QED) is 0.560. The van der Waals surface area contributed by atoms with Crippen LogP contribution in [-0.2, 0) is 0 Å². The number of pyridine rings is 1. The van der Waals surface area contributed by atoms with Gasteiger partial charge in [0.15, 0.2) is 0 Å². The molecule has 0 bridgehead atoms. The Balaban J connectivity index is 2.55. The fourth-order valence-corrected chi connectivity index (χ4v) is 1.95. The summed E-state index contributed by atoms with van der Waals surface area (Å²) in [6.07, 6.45) is 0. The molecule has 0 radical (unpaired) electrons. The molecule has 7 nitrogen and oxygen atoms in total. The van der Waals surface area contributed by atoms with E-state index >= 15 is 0 Å². The summed E-state index contributed by atoms with van der Waals surface area (Å²) in [7, 11) is 0. The Bertz CT molecular complexity index is 641. The number of aliphatic hydroxyl groups excluding tert-OH is 2. The molecule has 106 valence electrons. The average molecular weight is 277 g/mol. The number of aryl methyl sites for hydroxylation is 1. The van der Waals surface area contributed by atoms with Gasteiger partial charge in [0.25, 0.3) is 5.69 Å². The molecule has 0 amide bonds. The van der Waals surface area contributed by atoms with Crippen LogP contribution in [0.3, 0.4) is 0 Å². The number of nitro benzene ring substituents is 1. The zero-order valence-electron chi connectivity index (χ0n) is 10.9. The van der Waals surface area contributed by atoms with Crippen molar-refractivity contribution < 1.29 is 15.1 Å². The van der Waals surface area contributed by atoms with Crippen LogP contribution in [0.5, 0.6) is 0 Å². The van der Waals surface area contributed by atoms with Crippen LogP contribution in [0.15, 0.2) is 24.3 Å². The molecule has 7 heteroatoms. The number of nitrogens with one attached hydrogen (secondary N) is 1. The van der Waals surface area contributed by atoms with E-state index in [-0.39, 0.29) is 18.9 Å². The zero-order chi connectivity index (χ0) is 14.7. The molecule has 0 spiro atoms. The molecule has 1 aromatic heterocycles. The average Bonchev–Trinajstić information content (AvgIpc) is 2.43. The highest BCUT2D eigenvalue weighted by Crippen LogP contribution is 2.27. The molecule has 0 saturated heterocycles. The van der Waals surface area contributed by atoms with Crippen molar-refractivity contribution in [1.29, 1.82) is 0 Å². The van der Waals surface area contributed by atoms with Gasteiger partial charge >= 0.3 is 0 Å². The van der Waals surface area contributed by atoms with E-state index in [1.54, 1.807) is 19.1 Å². The lowest BCUT2D eigenvalue weighted by molar-refractivity contribution is -0.384. The van der Waals surface area contributed by atoms with Gasteiger partial charge in [-0.2, -0.15) is 0 Å². The molecular formula is C13H15N3O4. The van der Waals surface area contributed by atoms with Gasteiger partial charge in [0, 0.05) is 28.9 Å². The summed E-state index contributed by atoms with van der Waals surface area (Å²) < 4.78 is 0. The van der Waals surface area contributed by atoms with Crippen LogP contribution >= 0.6 is 0 Å². The number of hydrogen-bond acceptors (Lipinski definition) is 6. The Labute approximate surface area is 115 Å². The number of aromatic nitrogens is 1. The molecule has 0 fully saturated rings. The molecule has 0 atom stereocenters. The van der Waals surface area contributed by atoms with Gasteiger partial charge in [-0.15, -0.1) is 0 Å². The van der Waals surface area contributed by atoms with Crippen molar-refractivity contribution in [3.05, 3.63) is 40.1 Å². The standard InChI is InChI=1S/C13H15N3O4/c1-8-4-13(15-9(6-17)7-18)11-5-10(16(19)20)2-3-12(11)14-8/h2-5,9,17-18H,6-7H2,1H3,(H,14,15). The highest BCUT2D eigenvalue weighted by Gasteiger charge is 2.13. The SMILES string of the molecule is Cc1cc(NC(CO)CO)c2cc([N+](=O)[O-])ccc2n1. The lowest BCUT2D eigenvalue weighted by atomic mass is 10.1. The normalized spacial score (nSPS) is 11.0. The van der Waals surface area contributed by atoms with Crippen molar-refractivity contribution >= 4 is 22.3 Å². The number of aliphatic hydroxyl groups is 2. The summed E-state index contributed by atoms with van der Waals surface area (Å²) in [4.78, 5) is 14.7. The number of nitro groups is 1. The Morgan fingerprint density at radius 2 is 2.05 bits per heavy atom. The zero-order valence-corrected chi connectivity index (χ0v) is 10.9. The molecule has 0 saturated carbocycles. The fraction of sp³-hybridized carbons (Fsp3) is 0.308. The van der Waals surface area contributed by atoms with Gasteiger partial charge in [-0.1, -0.05) is 0 Å². The number of non-ortho nitro benzene ring substituents is 1. The third-order valence-corrected chi connectivity index (χ3v) is 2.93. The molecule has 3 N–H and O–H groups in total. The molecule has 1 heterocycles. The number of fused-ring (bicyclic) bond motifs is 1. The van der Waals surface area contributed by atoms with Gasteiger partial charge in [-0.3, -0.25) is 15.1 Å². The third-order valence-electron chi connectivity index (χ3n) is 2.93. The van der Waals surface area contributed by atoms with E-state index in [1.165, 1.54) is 12.1 Å². The van der Waals surface area contributed by atoms with Crippen LogP contribution in [-0.4, -0.2) is 39.4 Å². The first-order valence-corrected chi connectivity index (χ1v) is 6.09. The van der Waals surface area contributed by atoms with E-state index in [1.807, 2.05) is 0 Å². The van der Waals surface area contributed by atoms with Crippen molar-refractivity contribution in [2.45, 2.75) is 13.0 Å². The molecule has 0 aliphatic carbocycles. The second-order valence-corrected chi connectivity index (χ2v) is 4.48. The Kier molecular flexibility index (Phi) is 4.11. The van der Waals surface area contributed by atoms with Crippen LogP contribution in [0.25, 0.3) is 10.9 Å². The van der Waals surface area contributed by atoms with E-state index in [0.717, 1.165) is 5.69 Å². The van der Waals surface area contributed by atoms with Crippen LogP contribution in [0.4, 0.5) is 11.4 Å². The Morgan fingerprint density at radius 1 is 1.35 bits per heavy atom. The maximum Gasteiger partial charge on any atom is 0.270 e. The van der Waals surface area contributed by atoms with Gasteiger partial charge in [-0.25, -0.2) is 0 Å². The summed E-state index contributed by atoms with van der Waals surface area (Å²) in [6, 6.07) is 5.60. The summed E-state index contributed by atoms with van der Waals surface area (Å²) in [6.45, 7) is 1.32. The summed E-state index contributed by atoms with van der Waals surface area (Å²) in [5.74, 6) is 0. The van der Waals surface area contributed by atoms with Gasteiger partial charge in [-0.05, 0) is 19.1 Å². The fourth-order valence-electron chi connectivity index (χ4n) is 1.95. The van der Waals surface area contributed by atoms with Crippen LogP contribution in [0.2, 0.25) is 0 Å². The van der Waals surface area contributed by atoms with E-state index < -0.39 is 11.0 Å². The minimum atomic E-state index is -0.528. The predicted octanol–water partition coefficient (Wildman–Crippen LogP) is 1.22. The number of nitrogens with zero attached hydrogens (tertiary/aromatic N) is 2. The topological polar surface area (TPSA) is 109 Å². The Morgan fingerprint density at radius 3 is 2.65 bits per heavy atom. The molecule has 2 aromatic rings. The minimum absolute atomic E-state index is 0.0317. The molecule has 0 aliphatic heterocycles. The van der Waals surface area contributed by atoms with Crippen molar-refractivity contribution in [2.75, 3.05) is 18.5 Å². The van der Waals surface area contributed by atoms with Crippen molar-refractivity contribution in [3.8, 4) is 0 Å². The first-order chi connectivity index (χ1) is 9.55. The van der Waals surface area contributed by atoms with Crippen LogP contribution in [0.1, 0.15) is 5.69 Å². The molecule has 1 aromatic carbocycles. The number of rotatable bonds is 5. The highest BCUT2D eigenvalue weighted by atomic mass is 16.6. The third kappa shape index (κ3) is 2.84. The maximum absolute atomic E-state index is 10.8. The van der Waals surface area contributed by atoms with Crippen LogP contribution in [0, 0.1) is 17.0 Å². The van der Waals surface area contributed by atoms with Crippen LogP contribution < -0.4 is 5.32 Å². The second kappa shape index (κ2) is 5.81. The largest absolute Gasteiger partial charge is 0.394 e. The van der Waals surface area contributed by atoms with Crippen molar-refractivity contribution in [2.24, 2.45) is 0 Å². The highest BCUT2D eigenvalue weighted by molar-refractivity contribution is 5.93. The summed E-state index contributed by atoms with van der Waals surface area (Å²) in [5.41, 5.74) is 1.93. The molecule has 0 unspecified atom stereocenters. The first-order valence-electron chi connectivity index (χ1n) is 6.09.